The number of benzene rings is 2. The Morgan fingerprint density at radius 2 is 1.66 bits per heavy atom. The summed E-state index contributed by atoms with van der Waals surface area (Å²) in [5.41, 5.74) is 1.32. The maximum atomic E-state index is 12.3. The van der Waals surface area contributed by atoms with Crippen LogP contribution in [0.5, 0.6) is 0 Å². The summed E-state index contributed by atoms with van der Waals surface area (Å²) in [6.45, 7) is 3.13. The summed E-state index contributed by atoms with van der Waals surface area (Å²) in [7, 11) is 1.12. The second-order valence-electron chi connectivity index (χ2n) is 6.59. The predicted octanol–water partition coefficient (Wildman–Crippen LogP) is 3.81. The van der Waals surface area contributed by atoms with Gasteiger partial charge in [0, 0.05) is 6.21 Å². The van der Waals surface area contributed by atoms with Gasteiger partial charge < -0.3 is 19.3 Å². The van der Waals surface area contributed by atoms with Gasteiger partial charge in [-0.15, -0.1) is 0 Å². The van der Waals surface area contributed by atoms with Crippen molar-refractivity contribution in [3.05, 3.63) is 94.6 Å². The zero-order chi connectivity index (χ0) is 23.5. The first-order valence-corrected chi connectivity index (χ1v) is 9.53. The number of aliphatic hydroxyl groups is 1. The molecule has 0 aliphatic carbocycles. The van der Waals surface area contributed by atoms with Crippen molar-refractivity contribution in [2.75, 3.05) is 7.11 Å². The van der Waals surface area contributed by atoms with Crippen LogP contribution in [0.2, 0.25) is 0 Å². The van der Waals surface area contributed by atoms with E-state index < -0.39 is 23.6 Å². The normalized spacial score (nSPS) is 12.2. The molecular weight excluding hydrogens is 414 g/mol. The van der Waals surface area contributed by atoms with Crippen LogP contribution in [0.1, 0.15) is 28.4 Å². The number of esters is 3. The highest BCUT2D eigenvalue weighted by atomic mass is 16.5. The van der Waals surface area contributed by atoms with Crippen LogP contribution in [0, 0.1) is 6.92 Å². The predicted molar refractivity (Wildman–Crippen MR) is 117 cm³/mol. The van der Waals surface area contributed by atoms with Crippen molar-refractivity contribution in [2.45, 2.75) is 20.5 Å². The molecule has 0 fully saturated rings. The van der Waals surface area contributed by atoms with Gasteiger partial charge in [-0.25, -0.2) is 19.4 Å². The maximum absolute atomic E-state index is 12.3. The number of aliphatic imine (C=N–C) groups is 1. The molecule has 0 saturated carbocycles. The van der Waals surface area contributed by atoms with Crippen LogP contribution in [0.3, 0.4) is 0 Å². The summed E-state index contributed by atoms with van der Waals surface area (Å²) in [5, 5.41) is 9.84. The average molecular weight is 437 g/mol. The zero-order valence-electron chi connectivity index (χ0n) is 17.9. The molecule has 2 aromatic carbocycles. The summed E-state index contributed by atoms with van der Waals surface area (Å²) in [6, 6.07) is 15.6. The molecule has 0 aliphatic rings. The van der Waals surface area contributed by atoms with Crippen molar-refractivity contribution in [1.29, 1.82) is 0 Å². The number of carbonyl (C=O) groups excluding carboxylic acids is 3. The summed E-state index contributed by atoms with van der Waals surface area (Å²) in [4.78, 5) is 40.3. The Balaban J connectivity index is 2.14. The van der Waals surface area contributed by atoms with Crippen molar-refractivity contribution < 1.29 is 33.7 Å². The lowest BCUT2D eigenvalue weighted by Gasteiger charge is -2.07. The van der Waals surface area contributed by atoms with E-state index in [-0.39, 0.29) is 23.5 Å². The van der Waals surface area contributed by atoms with Crippen molar-refractivity contribution in [3.63, 3.8) is 0 Å². The first-order valence-electron chi connectivity index (χ1n) is 9.53. The van der Waals surface area contributed by atoms with Gasteiger partial charge in [-0.2, -0.15) is 0 Å². The third-order valence-electron chi connectivity index (χ3n) is 4.11. The van der Waals surface area contributed by atoms with Crippen molar-refractivity contribution >= 4 is 24.1 Å². The van der Waals surface area contributed by atoms with Gasteiger partial charge in [0.15, 0.2) is 5.70 Å². The lowest BCUT2D eigenvalue weighted by molar-refractivity contribution is -0.140. The number of aryl methyl sites for hydroxylation is 1. The zero-order valence-corrected chi connectivity index (χ0v) is 17.9. The number of rotatable bonds is 8. The lowest BCUT2D eigenvalue weighted by atomic mass is 10.1. The molecule has 1 N–H and O–H groups in total. The number of aliphatic hydroxyl groups excluding tert-OH is 1. The fourth-order valence-corrected chi connectivity index (χ4v) is 2.33. The van der Waals surface area contributed by atoms with Crippen LogP contribution in [0.4, 0.5) is 0 Å². The van der Waals surface area contributed by atoms with E-state index in [1.165, 1.54) is 6.92 Å². The molecule has 0 unspecified atom stereocenters. The molecule has 8 heteroatoms. The Bertz CT molecular complexity index is 1050. The van der Waals surface area contributed by atoms with Gasteiger partial charge in [-0.1, -0.05) is 48.0 Å². The third-order valence-corrected chi connectivity index (χ3v) is 4.11. The van der Waals surface area contributed by atoms with Gasteiger partial charge in [0.05, 0.1) is 12.7 Å². The molecule has 166 valence electrons. The van der Waals surface area contributed by atoms with Crippen LogP contribution >= 0.6 is 0 Å². The highest BCUT2D eigenvalue weighted by Crippen LogP contribution is 2.10. The molecule has 0 aromatic heterocycles. The lowest BCUT2D eigenvalue weighted by Crippen LogP contribution is -2.12. The SMILES string of the molecule is COC(=O)C(=C/OC(=O)c1ccc(C)cc1)/N=C\C(C(=O)OCc1ccccc1)=C(\C)O. The van der Waals surface area contributed by atoms with Crippen LogP contribution in [-0.2, 0) is 30.4 Å². The number of methoxy groups -OCH3 is 1. The molecule has 0 saturated heterocycles. The van der Waals surface area contributed by atoms with E-state index in [0.29, 0.717) is 0 Å². The van der Waals surface area contributed by atoms with E-state index in [1.807, 2.05) is 13.0 Å². The third kappa shape index (κ3) is 7.24. The summed E-state index contributed by atoms with van der Waals surface area (Å²) < 4.78 is 14.8. The molecular formula is C24H23NO7. The smallest absolute Gasteiger partial charge is 0.359 e. The van der Waals surface area contributed by atoms with Crippen LogP contribution in [0.25, 0.3) is 0 Å². The molecule has 2 rings (SSSR count). The molecule has 32 heavy (non-hydrogen) atoms. The number of nitrogens with zero attached hydrogens (tertiary/aromatic N) is 1. The minimum absolute atomic E-state index is 0.0157. The van der Waals surface area contributed by atoms with Gasteiger partial charge in [0.2, 0.25) is 0 Å². The van der Waals surface area contributed by atoms with Crippen LogP contribution in [-0.4, -0.2) is 36.3 Å². The minimum Gasteiger partial charge on any atom is -0.512 e. The van der Waals surface area contributed by atoms with Gasteiger partial charge in [-0.3, -0.25) is 0 Å². The quantitative estimate of drug-likeness (QED) is 0.220. The molecule has 0 heterocycles. The summed E-state index contributed by atoms with van der Waals surface area (Å²) in [6.07, 6.45) is 1.75. The fourth-order valence-electron chi connectivity index (χ4n) is 2.33. The molecule has 0 bridgehead atoms. The van der Waals surface area contributed by atoms with Crippen molar-refractivity contribution in [2.24, 2.45) is 4.99 Å². The Hall–Kier alpha value is -4.20. The molecule has 0 spiro atoms. The molecule has 0 radical (unpaired) electrons. The maximum Gasteiger partial charge on any atom is 0.359 e. The number of hydrogen-bond acceptors (Lipinski definition) is 8. The van der Waals surface area contributed by atoms with E-state index >= 15 is 0 Å². The molecule has 0 aliphatic heterocycles. The molecule has 2 aromatic rings. The first kappa shape index (κ1) is 24.1. The topological polar surface area (TPSA) is 111 Å². The van der Waals surface area contributed by atoms with E-state index in [9.17, 15) is 19.5 Å². The van der Waals surface area contributed by atoms with Gasteiger partial charge in [0.1, 0.15) is 24.2 Å². The molecule has 0 amide bonds. The largest absolute Gasteiger partial charge is 0.512 e. The second-order valence-corrected chi connectivity index (χ2v) is 6.59. The average Bonchev–Trinajstić information content (AvgIpc) is 2.80. The fraction of sp³-hybridized carbons (Fsp3) is 0.167. The Morgan fingerprint density at radius 1 is 1.00 bits per heavy atom. The number of hydrogen-bond donors (Lipinski definition) is 1. The highest BCUT2D eigenvalue weighted by Gasteiger charge is 2.16. The van der Waals surface area contributed by atoms with Gasteiger partial charge in [0.25, 0.3) is 0 Å². The van der Waals surface area contributed by atoms with Gasteiger partial charge >= 0.3 is 17.9 Å². The van der Waals surface area contributed by atoms with Crippen LogP contribution in [0.15, 0.2) is 82.9 Å². The van der Waals surface area contributed by atoms with E-state index in [0.717, 1.165) is 30.7 Å². The standard InChI is InChI=1S/C24H23NO7/c1-16-9-11-19(12-10-16)22(27)32-15-21(24(29)30-3)25-13-20(17(2)26)23(28)31-14-18-7-5-4-6-8-18/h4-13,15,26H,14H2,1-3H3/b20-17+,21-15-,25-13-. The van der Waals surface area contributed by atoms with Gasteiger partial charge in [-0.05, 0) is 31.5 Å². The molecule has 0 atom stereocenters. The first-order chi connectivity index (χ1) is 15.3. The second kappa shape index (κ2) is 11.8. The van der Waals surface area contributed by atoms with Crippen LogP contribution < -0.4 is 0 Å². The van der Waals surface area contributed by atoms with Crippen molar-refractivity contribution in [3.8, 4) is 0 Å². The number of allylic oxidation sites excluding steroid dienone is 1. The minimum atomic E-state index is -0.912. The van der Waals surface area contributed by atoms with Crippen molar-refractivity contribution in [1.82, 2.24) is 0 Å². The Kier molecular flexibility index (Phi) is 8.91. The molecule has 8 nitrogen and oxygen atoms in total. The summed E-state index contributed by atoms with van der Waals surface area (Å²) in [5.74, 6) is -2.84. The van der Waals surface area contributed by atoms with E-state index in [1.54, 1.807) is 48.5 Å². The summed E-state index contributed by atoms with van der Waals surface area (Å²) >= 11 is 0. The Morgan fingerprint density at radius 3 is 2.25 bits per heavy atom. The highest BCUT2D eigenvalue weighted by molar-refractivity contribution is 6.10. The number of carbonyl (C=O) groups is 3. The number of ether oxygens (including phenoxy) is 3. The Labute approximate surface area is 185 Å². The van der Waals surface area contributed by atoms with E-state index in [2.05, 4.69) is 9.73 Å². The van der Waals surface area contributed by atoms with E-state index in [4.69, 9.17) is 9.47 Å². The monoisotopic (exact) mass is 437 g/mol.